The highest BCUT2D eigenvalue weighted by atomic mass is 16.7. The molecule has 9 nitrogen and oxygen atoms in total. The summed E-state index contributed by atoms with van der Waals surface area (Å²) in [5.74, 6) is -0.811. The molecule has 9 heteroatoms. The highest BCUT2D eigenvalue weighted by molar-refractivity contribution is 6.03. The number of hydrogen-bond donors (Lipinski definition) is 6. The number of aromatic carboxylic acids is 1. The Kier molecular flexibility index (Phi) is 4.43. The first kappa shape index (κ1) is 16.7. The third-order valence-corrected chi connectivity index (χ3v) is 3.98. The maximum Gasteiger partial charge on any atom is 0.337 e. The topological polar surface area (TPSA) is 152 Å². The molecule has 0 aliphatic carbocycles. The normalized spacial score (nSPS) is 30.4. The lowest BCUT2D eigenvalue weighted by atomic mass is 9.99. The molecule has 24 heavy (non-hydrogen) atoms. The number of hydrogen-bond acceptors (Lipinski definition) is 7. The summed E-state index contributed by atoms with van der Waals surface area (Å²) in [6.07, 6.45) is -5.53. The second-order valence-corrected chi connectivity index (χ2v) is 5.53. The third kappa shape index (κ3) is 2.83. The van der Waals surface area contributed by atoms with E-state index in [0.717, 1.165) is 0 Å². The first-order valence-corrected chi connectivity index (χ1v) is 7.24. The van der Waals surface area contributed by atoms with Gasteiger partial charge in [-0.2, -0.15) is 0 Å². The van der Waals surface area contributed by atoms with Crippen LogP contribution in [0.5, 0.6) is 5.75 Å². The van der Waals surface area contributed by atoms with Crippen molar-refractivity contribution in [2.45, 2.75) is 30.7 Å². The van der Waals surface area contributed by atoms with Gasteiger partial charge in [-0.3, -0.25) is 0 Å². The van der Waals surface area contributed by atoms with Gasteiger partial charge in [0.15, 0.2) is 0 Å². The zero-order chi connectivity index (χ0) is 17.4. The zero-order valence-corrected chi connectivity index (χ0v) is 12.4. The molecule has 0 amide bonds. The number of carboxylic acids is 1. The third-order valence-electron chi connectivity index (χ3n) is 3.98. The lowest BCUT2D eigenvalue weighted by Crippen LogP contribution is -2.60. The summed E-state index contributed by atoms with van der Waals surface area (Å²) in [7, 11) is 0. The summed E-state index contributed by atoms with van der Waals surface area (Å²) in [6, 6.07) is 4.54. The molecule has 6 N–H and O–H groups in total. The highest BCUT2D eigenvalue weighted by Gasteiger charge is 2.44. The zero-order valence-electron chi connectivity index (χ0n) is 12.4. The maximum absolute atomic E-state index is 11.1. The Balaban J connectivity index is 1.82. The molecule has 0 spiro atoms. The molecular formula is C15H17NO8. The molecule has 0 radical (unpaired) electrons. The minimum absolute atomic E-state index is 0.115. The van der Waals surface area contributed by atoms with E-state index in [1.807, 2.05) is 0 Å². The van der Waals surface area contributed by atoms with Crippen LogP contribution in [-0.2, 0) is 4.74 Å². The average Bonchev–Trinajstić information content (AvgIpc) is 2.98. The summed E-state index contributed by atoms with van der Waals surface area (Å²) in [5, 5.41) is 48.1. The van der Waals surface area contributed by atoms with Crippen LogP contribution in [0.1, 0.15) is 10.4 Å². The molecule has 5 unspecified atom stereocenters. The fraction of sp³-hybridized carbons (Fsp3) is 0.400. The first-order valence-electron chi connectivity index (χ1n) is 7.24. The molecule has 2 aromatic rings. The second kappa shape index (κ2) is 6.38. The van der Waals surface area contributed by atoms with Gasteiger partial charge in [-0.1, -0.05) is 0 Å². The number of aromatic amines is 1. The van der Waals surface area contributed by atoms with E-state index in [4.69, 9.17) is 19.7 Å². The quantitative estimate of drug-likeness (QED) is 0.417. The van der Waals surface area contributed by atoms with Gasteiger partial charge in [0.1, 0.15) is 30.2 Å². The Morgan fingerprint density at radius 1 is 1.21 bits per heavy atom. The van der Waals surface area contributed by atoms with Crippen LogP contribution in [0.4, 0.5) is 0 Å². The molecular weight excluding hydrogens is 322 g/mol. The number of fused-ring (bicyclic) bond motifs is 1. The van der Waals surface area contributed by atoms with Crippen LogP contribution in [0.15, 0.2) is 24.4 Å². The Morgan fingerprint density at radius 2 is 1.96 bits per heavy atom. The first-order chi connectivity index (χ1) is 11.4. The van der Waals surface area contributed by atoms with Gasteiger partial charge in [-0.15, -0.1) is 0 Å². The van der Waals surface area contributed by atoms with Crippen molar-refractivity contribution in [1.82, 2.24) is 4.98 Å². The van der Waals surface area contributed by atoms with Crippen LogP contribution < -0.4 is 4.74 Å². The van der Waals surface area contributed by atoms with Crippen LogP contribution in [-0.4, -0.2) is 73.8 Å². The highest BCUT2D eigenvalue weighted by Crippen LogP contribution is 2.27. The molecule has 1 aromatic carbocycles. The van der Waals surface area contributed by atoms with Crippen LogP contribution in [0, 0.1) is 0 Å². The Labute approximate surface area is 135 Å². The Bertz CT molecular complexity index is 742. The molecule has 130 valence electrons. The van der Waals surface area contributed by atoms with E-state index < -0.39 is 43.3 Å². The van der Waals surface area contributed by atoms with Gasteiger partial charge < -0.3 is 40.0 Å². The summed E-state index contributed by atoms with van der Waals surface area (Å²) in [4.78, 5) is 13.9. The lowest BCUT2D eigenvalue weighted by molar-refractivity contribution is -0.277. The van der Waals surface area contributed by atoms with Crippen LogP contribution >= 0.6 is 0 Å². The van der Waals surface area contributed by atoms with Gasteiger partial charge in [0, 0.05) is 23.2 Å². The van der Waals surface area contributed by atoms with Gasteiger partial charge in [0.25, 0.3) is 0 Å². The van der Waals surface area contributed by atoms with E-state index >= 15 is 0 Å². The van der Waals surface area contributed by atoms with E-state index in [2.05, 4.69) is 4.98 Å². The standard InChI is InChI=1S/C15H17NO8/c17-5-10-11(18)12(19)13(20)15(24-10)23-6-1-2-7-8(14(21)22)4-16-9(7)3-6/h1-4,10-13,15-20H,5H2,(H,21,22). The molecule has 0 bridgehead atoms. The number of ether oxygens (including phenoxy) is 2. The number of H-pyrrole nitrogens is 1. The molecule has 1 aliphatic rings. The summed E-state index contributed by atoms with van der Waals surface area (Å²) >= 11 is 0. The predicted octanol–water partition coefficient (Wildman–Crippen LogP) is -0.955. The minimum Gasteiger partial charge on any atom is -0.478 e. The van der Waals surface area contributed by atoms with Gasteiger partial charge in [0.05, 0.1) is 12.2 Å². The van der Waals surface area contributed by atoms with Gasteiger partial charge in [0.2, 0.25) is 6.29 Å². The second-order valence-electron chi connectivity index (χ2n) is 5.53. The van der Waals surface area contributed by atoms with Gasteiger partial charge in [-0.25, -0.2) is 4.79 Å². The number of benzene rings is 1. The van der Waals surface area contributed by atoms with E-state index in [0.29, 0.717) is 10.9 Å². The fourth-order valence-electron chi connectivity index (χ4n) is 2.65. The number of nitrogens with one attached hydrogen (secondary N) is 1. The van der Waals surface area contributed by atoms with Crippen molar-refractivity contribution in [2.75, 3.05) is 6.61 Å². The molecule has 3 rings (SSSR count). The lowest BCUT2D eigenvalue weighted by Gasteiger charge is -2.39. The smallest absolute Gasteiger partial charge is 0.337 e. The number of aliphatic hydroxyl groups is 4. The van der Waals surface area contributed by atoms with Gasteiger partial charge >= 0.3 is 5.97 Å². The molecule has 2 heterocycles. The predicted molar refractivity (Wildman–Crippen MR) is 79.7 cm³/mol. The summed E-state index contributed by atoms with van der Waals surface area (Å²) < 4.78 is 10.7. The number of carbonyl (C=O) groups is 1. The Hall–Kier alpha value is -2.17. The summed E-state index contributed by atoms with van der Waals surface area (Å²) in [5.41, 5.74) is 0.624. The molecule has 1 aliphatic heterocycles. The number of aromatic nitrogens is 1. The average molecular weight is 339 g/mol. The van der Waals surface area contributed by atoms with Crippen molar-refractivity contribution in [2.24, 2.45) is 0 Å². The van der Waals surface area contributed by atoms with E-state index in [-0.39, 0.29) is 11.3 Å². The monoisotopic (exact) mass is 339 g/mol. The molecule has 0 saturated carbocycles. The number of aliphatic hydroxyl groups excluding tert-OH is 4. The van der Waals surface area contributed by atoms with Crippen molar-refractivity contribution in [3.05, 3.63) is 30.0 Å². The van der Waals surface area contributed by atoms with Crippen LogP contribution in [0.2, 0.25) is 0 Å². The molecule has 1 aromatic heterocycles. The number of rotatable bonds is 4. The minimum atomic E-state index is -1.53. The van der Waals surface area contributed by atoms with Crippen molar-refractivity contribution in [3.63, 3.8) is 0 Å². The molecule has 1 saturated heterocycles. The Morgan fingerprint density at radius 3 is 2.62 bits per heavy atom. The molecule has 5 atom stereocenters. The van der Waals surface area contributed by atoms with E-state index in [1.54, 1.807) is 0 Å². The maximum atomic E-state index is 11.1. The largest absolute Gasteiger partial charge is 0.478 e. The fourth-order valence-corrected chi connectivity index (χ4v) is 2.65. The summed E-state index contributed by atoms with van der Waals surface area (Å²) in [6.45, 7) is -0.553. The number of carboxylic acid groups (broad SMARTS) is 1. The molecule has 1 fully saturated rings. The SMILES string of the molecule is O=C(O)c1c[nH]c2cc(OC3OC(CO)C(O)C(O)C3O)ccc12. The van der Waals surface area contributed by atoms with Crippen molar-refractivity contribution in [1.29, 1.82) is 0 Å². The van der Waals surface area contributed by atoms with E-state index in [1.165, 1.54) is 24.4 Å². The van der Waals surface area contributed by atoms with Crippen LogP contribution in [0.3, 0.4) is 0 Å². The van der Waals surface area contributed by atoms with Crippen molar-refractivity contribution in [3.8, 4) is 5.75 Å². The van der Waals surface area contributed by atoms with Gasteiger partial charge in [-0.05, 0) is 12.1 Å². The van der Waals surface area contributed by atoms with Crippen molar-refractivity contribution < 1.29 is 39.8 Å². The van der Waals surface area contributed by atoms with Crippen LogP contribution in [0.25, 0.3) is 10.9 Å². The van der Waals surface area contributed by atoms with E-state index in [9.17, 15) is 20.1 Å². The van der Waals surface area contributed by atoms with Crippen molar-refractivity contribution >= 4 is 16.9 Å².